The third-order valence-corrected chi connectivity index (χ3v) is 5.97. The van der Waals surface area contributed by atoms with E-state index in [0.717, 1.165) is 12.1 Å². The first-order chi connectivity index (χ1) is 14.9. The quantitative estimate of drug-likeness (QED) is 0.486. The van der Waals surface area contributed by atoms with Crippen LogP contribution in [0.2, 0.25) is 0 Å². The number of anilines is 1. The summed E-state index contributed by atoms with van der Waals surface area (Å²) in [5, 5.41) is 10.2. The lowest BCUT2D eigenvalue weighted by molar-refractivity contribution is -0.0335. The molecule has 0 unspecified atom stereocenters. The van der Waals surface area contributed by atoms with Crippen molar-refractivity contribution in [2.75, 3.05) is 5.73 Å². The van der Waals surface area contributed by atoms with Crippen molar-refractivity contribution < 1.29 is 14.3 Å². The fourth-order valence-corrected chi connectivity index (χ4v) is 4.49. The van der Waals surface area contributed by atoms with Crippen molar-refractivity contribution in [3.8, 4) is 22.4 Å². The molecule has 2 heterocycles. The summed E-state index contributed by atoms with van der Waals surface area (Å²) in [5.74, 6) is 0.713. The number of carbonyl (C=O) groups excluding carboxylic acids is 1. The van der Waals surface area contributed by atoms with Gasteiger partial charge in [0.05, 0.1) is 5.60 Å². The molecule has 0 bridgehead atoms. The smallest absolute Gasteiger partial charge is 0.150 e. The summed E-state index contributed by atoms with van der Waals surface area (Å²) in [5.41, 5.74) is 8.50. The number of fused-ring (bicyclic) bond motifs is 1. The van der Waals surface area contributed by atoms with E-state index in [1.54, 1.807) is 55.7 Å². The van der Waals surface area contributed by atoms with Crippen molar-refractivity contribution >= 4 is 17.6 Å². The van der Waals surface area contributed by atoms with Gasteiger partial charge >= 0.3 is 0 Å². The zero-order valence-electron chi connectivity index (χ0n) is 16.9. The molecular formula is C24H21FN4O2. The average molecular weight is 416 g/mol. The zero-order valence-corrected chi connectivity index (χ0v) is 16.9. The number of aldehydes is 1. The van der Waals surface area contributed by atoms with Crippen molar-refractivity contribution in [3.05, 3.63) is 72.1 Å². The predicted octanol–water partition coefficient (Wildman–Crippen LogP) is 4.23. The Hall–Kier alpha value is -3.58. The predicted molar refractivity (Wildman–Crippen MR) is 116 cm³/mol. The summed E-state index contributed by atoms with van der Waals surface area (Å²) >= 11 is 0. The molecule has 0 radical (unpaired) electrons. The maximum absolute atomic E-state index is 15.2. The van der Waals surface area contributed by atoms with Gasteiger partial charge in [-0.05, 0) is 31.4 Å². The van der Waals surface area contributed by atoms with Gasteiger partial charge in [0, 0.05) is 35.0 Å². The number of benzene rings is 2. The monoisotopic (exact) mass is 416 g/mol. The van der Waals surface area contributed by atoms with E-state index in [1.807, 2.05) is 4.40 Å². The summed E-state index contributed by atoms with van der Waals surface area (Å²) in [7, 11) is 0. The van der Waals surface area contributed by atoms with Crippen molar-refractivity contribution in [2.24, 2.45) is 0 Å². The number of nitrogens with zero attached hydrogens (tertiary/aromatic N) is 3. The number of halogens is 1. The van der Waals surface area contributed by atoms with E-state index in [2.05, 4.69) is 4.98 Å². The number of carbonyl (C=O) groups is 1. The first-order valence-corrected chi connectivity index (χ1v) is 10.1. The lowest BCUT2D eigenvalue weighted by atomic mass is 9.72. The molecule has 1 fully saturated rings. The Balaban J connectivity index is 1.63. The lowest BCUT2D eigenvalue weighted by Gasteiger charge is -2.40. The molecule has 7 heteroatoms. The van der Waals surface area contributed by atoms with Crippen LogP contribution in [-0.2, 0) is 0 Å². The van der Waals surface area contributed by atoms with E-state index in [4.69, 9.17) is 10.7 Å². The summed E-state index contributed by atoms with van der Waals surface area (Å²) in [6.07, 6.45) is 5.31. The Labute approximate surface area is 178 Å². The minimum absolute atomic E-state index is 0.0849. The third kappa shape index (κ3) is 3.18. The zero-order chi connectivity index (χ0) is 21.8. The Kier molecular flexibility index (Phi) is 4.37. The number of nitrogens with two attached hydrogens (primary N) is 1. The van der Waals surface area contributed by atoms with Gasteiger partial charge in [0.1, 0.15) is 28.7 Å². The first kappa shape index (κ1) is 19.4. The fraction of sp³-hybridized carbons (Fsp3) is 0.208. The second kappa shape index (κ2) is 6.99. The minimum atomic E-state index is -0.699. The van der Waals surface area contributed by atoms with Gasteiger partial charge in [-0.2, -0.15) is 0 Å². The molecule has 2 aromatic carbocycles. The highest BCUT2D eigenvalue weighted by Gasteiger charge is 2.41. The van der Waals surface area contributed by atoms with Crippen molar-refractivity contribution in [1.29, 1.82) is 0 Å². The molecule has 0 saturated heterocycles. The van der Waals surface area contributed by atoms with E-state index in [0.29, 0.717) is 52.1 Å². The molecule has 1 saturated carbocycles. The number of rotatable bonds is 4. The highest BCUT2D eigenvalue weighted by Crippen LogP contribution is 2.45. The summed E-state index contributed by atoms with van der Waals surface area (Å²) in [4.78, 5) is 20.3. The van der Waals surface area contributed by atoms with Crippen molar-refractivity contribution in [1.82, 2.24) is 14.4 Å². The molecule has 4 aromatic rings. The third-order valence-electron chi connectivity index (χ3n) is 5.97. The molecule has 0 atom stereocenters. The second-order valence-electron chi connectivity index (χ2n) is 8.35. The molecule has 1 aliphatic rings. The van der Waals surface area contributed by atoms with Gasteiger partial charge in [0.25, 0.3) is 0 Å². The number of hydrogen-bond donors (Lipinski definition) is 2. The fourth-order valence-electron chi connectivity index (χ4n) is 4.49. The van der Waals surface area contributed by atoms with Crippen molar-refractivity contribution in [3.63, 3.8) is 0 Å². The van der Waals surface area contributed by atoms with E-state index < -0.39 is 11.4 Å². The van der Waals surface area contributed by atoms with Crippen LogP contribution < -0.4 is 5.73 Å². The Morgan fingerprint density at radius 2 is 2.00 bits per heavy atom. The van der Waals surface area contributed by atoms with Gasteiger partial charge in [-0.3, -0.25) is 9.20 Å². The highest BCUT2D eigenvalue weighted by atomic mass is 19.1. The molecule has 0 spiro atoms. The van der Waals surface area contributed by atoms with Crippen LogP contribution in [0, 0.1) is 5.82 Å². The number of imidazole rings is 1. The van der Waals surface area contributed by atoms with E-state index in [9.17, 15) is 9.90 Å². The van der Waals surface area contributed by atoms with Crippen LogP contribution in [0.25, 0.3) is 27.9 Å². The standard InChI is InChI=1S/C24H21FN4O2/c1-24(31)11-16(12-24)23-28-20(21-22(26)27-8-9-29(21)23)14-6-7-18(19(25)10-14)17-5-3-2-4-15(17)13-30/h2-10,13,16,31H,11-12H2,1H3,(H2,26,27). The average Bonchev–Trinajstić information content (AvgIpc) is 3.12. The van der Waals surface area contributed by atoms with E-state index in [-0.39, 0.29) is 5.92 Å². The molecule has 6 nitrogen and oxygen atoms in total. The Morgan fingerprint density at radius 3 is 2.71 bits per heavy atom. The number of aromatic nitrogens is 3. The largest absolute Gasteiger partial charge is 0.390 e. The first-order valence-electron chi connectivity index (χ1n) is 10.1. The molecule has 5 rings (SSSR count). The number of hydrogen-bond acceptors (Lipinski definition) is 5. The van der Waals surface area contributed by atoms with Crippen LogP contribution >= 0.6 is 0 Å². The van der Waals surface area contributed by atoms with Crippen LogP contribution in [0.5, 0.6) is 0 Å². The molecular weight excluding hydrogens is 395 g/mol. The lowest BCUT2D eigenvalue weighted by Crippen LogP contribution is -2.40. The normalized spacial score (nSPS) is 20.5. The summed E-state index contributed by atoms with van der Waals surface area (Å²) in [6, 6.07) is 11.7. The van der Waals surface area contributed by atoms with Gasteiger partial charge in [-0.15, -0.1) is 0 Å². The maximum atomic E-state index is 15.2. The summed E-state index contributed by atoms with van der Waals surface area (Å²) in [6.45, 7) is 1.81. The van der Waals surface area contributed by atoms with Gasteiger partial charge in [-0.25, -0.2) is 14.4 Å². The second-order valence-corrected chi connectivity index (χ2v) is 8.35. The molecule has 1 aliphatic carbocycles. The molecule has 156 valence electrons. The SMILES string of the molecule is CC1(O)CC(c2nc(-c3ccc(-c4ccccc4C=O)c(F)c3)c3c(N)nccn23)C1. The summed E-state index contributed by atoms with van der Waals surface area (Å²) < 4.78 is 17.0. The van der Waals surface area contributed by atoms with Gasteiger partial charge in [-0.1, -0.05) is 36.4 Å². The Morgan fingerprint density at radius 1 is 1.23 bits per heavy atom. The maximum Gasteiger partial charge on any atom is 0.150 e. The number of aliphatic hydroxyl groups is 1. The minimum Gasteiger partial charge on any atom is -0.390 e. The van der Waals surface area contributed by atoms with Crippen LogP contribution in [-0.4, -0.2) is 31.4 Å². The topological polar surface area (TPSA) is 93.5 Å². The van der Waals surface area contributed by atoms with Crippen LogP contribution in [0.4, 0.5) is 10.2 Å². The van der Waals surface area contributed by atoms with Crippen LogP contribution in [0.15, 0.2) is 54.9 Å². The molecule has 0 amide bonds. The van der Waals surface area contributed by atoms with Gasteiger partial charge in [0.2, 0.25) is 0 Å². The van der Waals surface area contributed by atoms with Gasteiger partial charge < -0.3 is 10.8 Å². The molecule has 3 N–H and O–H groups in total. The van der Waals surface area contributed by atoms with Crippen LogP contribution in [0.3, 0.4) is 0 Å². The molecule has 2 aromatic heterocycles. The number of nitrogen functional groups attached to an aromatic ring is 1. The van der Waals surface area contributed by atoms with Crippen molar-refractivity contribution in [2.45, 2.75) is 31.3 Å². The highest BCUT2D eigenvalue weighted by molar-refractivity contribution is 5.89. The molecule has 31 heavy (non-hydrogen) atoms. The van der Waals surface area contributed by atoms with E-state index in [1.165, 1.54) is 6.07 Å². The van der Waals surface area contributed by atoms with E-state index >= 15 is 4.39 Å². The molecule has 0 aliphatic heterocycles. The van der Waals surface area contributed by atoms with Crippen LogP contribution in [0.1, 0.15) is 41.9 Å². The Bertz CT molecular complexity index is 1320. The van der Waals surface area contributed by atoms with Gasteiger partial charge in [0.15, 0.2) is 6.29 Å².